The molecule has 0 saturated carbocycles. The smallest absolute Gasteiger partial charge is 0.240 e. The van der Waals surface area contributed by atoms with E-state index in [-0.39, 0.29) is 11.9 Å². The number of amides is 1. The third-order valence-electron chi connectivity index (χ3n) is 5.24. The molecule has 0 saturated heterocycles. The predicted molar refractivity (Wildman–Crippen MR) is 125 cm³/mol. The van der Waals surface area contributed by atoms with E-state index in [2.05, 4.69) is 20.9 Å². The maximum atomic E-state index is 13.3. The SMILES string of the molecule is COc1ccc([C@@H]2Nn3c(nnc3-c3ccccc3)S[C@H]2C(=O)Nc2ccccc2)cc1. The van der Waals surface area contributed by atoms with Crippen LogP contribution in [0.4, 0.5) is 5.69 Å². The van der Waals surface area contributed by atoms with Crippen LogP contribution in [0.3, 0.4) is 0 Å². The number of nitrogens with zero attached hydrogens (tertiary/aromatic N) is 3. The minimum absolute atomic E-state index is 0.106. The number of carbonyl (C=O) groups is 1. The molecule has 1 aliphatic rings. The minimum Gasteiger partial charge on any atom is -0.497 e. The molecular weight excluding hydrogens is 422 g/mol. The number of rotatable bonds is 5. The Morgan fingerprint density at radius 3 is 2.34 bits per heavy atom. The van der Waals surface area contributed by atoms with Crippen LogP contribution >= 0.6 is 11.8 Å². The lowest BCUT2D eigenvalue weighted by molar-refractivity contribution is -0.116. The van der Waals surface area contributed by atoms with Gasteiger partial charge in [0.25, 0.3) is 0 Å². The van der Waals surface area contributed by atoms with Gasteiger partial charge >= 0.3 is 0 Å². The van der Waals surface area contributed by atoms with Crippen molar-refractivity contribution in [2.75, 3.05) is 17.9 Å². The molecule has 7 nitrogen and oxygen atoms in total. The van der Waals surface area contributed by atoms with E-state index >= 15 is 0 Å². The zero-order valence-electron chi connectivity index (χ0n) is 17.3. The zero-order chi connectivity index (χ0) is 21.9. The first-order chi connectivity index (χ1) is 15.7. The van der Waals surface area contributed by atoms with Gasteiger partial charge in [-0.05, 0) is 29.8 Å². The molecule has 8 heteroatoms. The number of aromatic nitrogens is 3. The summed E-state index contributed by atoms with van der Waals surface area (Å²) in [6.07, 6.45) is 0. The Labute approximate surface area is 189 Å². The molecule has 1 amide bonds. The average molecular weight is 444 g/mol. The number of methoxy groups -OCH3 is 1. The molecule has 3 aromatic carbocycles. The molecule has 4 aromatic rings. The van der Waals surface area contributed by atoms with Crippen LogP contribution in [0.5, 0.6) is 5.75 Å². The molecule has 0 bridgehead atoms. The third kappa shape index (κ3) is 3.92. The number of hydrogen-bond acceptors (Lipinski definition) is 6. The average Bonchev–Trinajstić information content (AvgIpc) is 3.27. The second kappa shape index (κ2) is 8.76. The summed E-state index contributed by atoms with van der Waals surface area (Å²) in [5.41, 5.74) is 6.14. The molecule has 1 aromatic heterocycles. The normalized spacial score (nSPS) is 17.2. The van der Waals surface area contributed by atoms with Crippen LogP contribution in [0.2, 0.25) is 0 Å². The van der Waals surface area contributed by atoms with E-state index in [9.17, 15) is 4.79 Å². The Balaban J connectivity index is 1.51. The van der Waals surface area contributed by atoms with Crippen molar-refractivity contribution in [2.45, 2.75) is 16.4 Å². The van der Waals surface area contributed by atoms with Crippen molar-refractivity contribution in [1.29, 1.82) is 0 Å². The molecule has 0 unspecified atom stereocenters. The maximum absolute atomic E-state index is 13.3. The van der Waals surface area contributed by atoms with Gasteiger partial charge in [0, 0.05) is 11.3 Å². The molecule has 5 rings (SSSR count). The van der Waals surface area contributed by atoms with Crippen LogP contribution in [0.1, 0.15) is 11.6 Å². The number of nitrogens with one attached hydrogen (secondary N) is 2. The van der Waals surface area contributed by atoms with Crippen LogP contribution in [0.15, 0.2) is 90.1 Å². The van der Waals surface area contributed by atoms with Crippen molar-refractivity contribution >= 4 is 23.4 Å². The fourth-order valence-corrected chi connectivity index (χ4v) is 4.71. The van der Waals surface area contributed by atoms with Gasteiger partial charge < -0.3 is 15.5 Å². The van der Waals surface area contributed by atoms with E-state index in [1.54, 1.807) is 7.11 Å². The fourth-order valence-electron chi connectivity index (χ4n) is 3.63. The predicted octanol–water partition coefficient (Wildman–Crippen LogP) is 4.35. The Hall–Kier alpha value is -3.78. The van der Waals surface area contributed by atoms with Crippen molar-refractivity contribution < 1.29 is 9.53 Å². The van der Waals surface area contributed by atoms with Gasteiger partial charge in [-0.1, -0.05) is 72.4 Å². The van der Waals surface area contributed by atoms with Crippen LogP contribution in [0, 0.1) is 0 Å². The maximum Gasteiger partial charge on any atom is 0.240 e. The molecule has 32 heavy (non-hydrogen) atoms. The van der Waals surface area contributed by atoms with Crippen molar-refractivity contribution in [3.63, 3.8) is 0 Å². The van der Waals surface area contributed by atoms with Crippen molar-refractivity contribution in [2.24, 2.45) is 0 Å². The second-order valence-electron chi connectivity index (χ2n) is 7.28. The molecule has 2 atom stereocenters. The lowest BCUT2D eigenvalue weighted by Crippen LogP contribution is -2.41. The Morgan fingerprint density at radius 2 is 1.66 bits per heavy atom. The summed E-state index contributed by atoms with van der Waals surface area (Å²) in [6, 6.07) is 26.7. The quantitative estimate of drug-likeness (QED) is 0.477. The van der Waals surface area contributed by atoms with Gasteiger partial charge in [0.15, 0.2) is 5.82 Å². The Morgan fingerprint density at radius 1 is 0.969 bits per heavy atom. The first kappa shape index (κ1) is 20.1. The minimum atomic E-state index is -0.455. The van der Waals surface area contributed by atoms with Gasteiger partial charge in [-0.2, -0.15) is 0 Å². The number of carbonyl (C=O) groups excluding carboxylic acids is 1. The van der Waals surface area contributed by atoms with E-state index < -0.39 is 5.25 Å². The fraction of sp³-hybridized carbons (Fsp3) is 0.125. The van der Waals surface area contributed by atoms with E-state index in [0.29, 0.717) is 11.0 Å². The number of ether oxygens (including phenoxy) is 1. The highest BCUT2D eigenvalue weighted by Gasteiger charge is 2.38. The Bertz CT molecular complexity index is 1210. The summed E-state index contributed by atoms with van der Waals surface area (Å²) in [5.74, 6) is 1.36. The third-order valence-corrected chi connectivity index (χ3v) is 6.46. The molecule has 0 fully saturated rings. The highest BCUT2D eigenvalue weighted by molar-refractivity contribution is 8.00. The first-order valence-corrected chi connectivity index (χ1v) is 11.0. The van der Waals surface area contributed by atoms with Gasteiger partial charge in [-0.25, -0.2) is 4.68 Å². The van der Waals surface area contributed by atoms with Crippen molar-refractivity contribution in [3.8, 4) is 17.1 Å². The summed E-state index contributed by atoms with van der Waals surface area (Å²) >= 11 is 1.40. The van der Waals surface area contributed by atoms with Gasteiger partial charge in [-0.3, -0.25) is 4.79 Å². The topological polar surface area (TPSA) is 81.1 Å². The van der Waals surface area contributed by atoms with E-state index in [0.717, 1.165) is 22.6 Å². The summed E-state index contributed by atoms with van der Waals surface area (Å²) in [6.45, 7) is 0. The molecule has 160 valence electrons. The van der Waals surface area contributed by atoms with Gasteiger partial charge in [0.05, 0.1) is 13.2 Å². The lowest BCUT2D eigenvalue weighted by atomic mass is 10.0. The summed E-state index contributed by atoms with van der Waals surface area (Å²) in [4.78, 5) is 13.3. The van der Waals surface area contributed by atoms with Gasteiger partial charge in [-0.15, -0.1) is 10.2 Å². The summed E-state index contributed by atoms with van der Waals surface area (Å²) in [5, 5.41) is 11.9. The van der Waals surface area contributed by atoms with Gasteiger partial charge in [0.2, 0.25) is 11.1 Å². The van der Waals surface area contributed by atoms with E-state index in [1.807, 2.05) is 89.6 Å². The summed E-state index contributed by atoms with van der Waals surface area (Å²) < 4.78 is 7.16. The van der Waals surface area contributed by atoms with Crippen LogP contribution in [0.25, 0.3) is 11.4 Å². The molecule has 1 aliphatic heterocycles. The number of para-hydroxylation sites is 1. The number of hydrogen-bond donors (Lipinski definition) is 2. The van der Waals surface area contributed by atoms with Crippen LogP contribution in [-0.4, -0.2) is 33.1 Å². The molecule has 2 N–H and O–H groups in total. The second-order valence-corrected chi connectivity index (χ2v) is 8.39. The van der Waals surface area contributed by atoms with Gasteiger partial charge in [0.1, 0.15) is 11.0 Å². The molecular formula is C24H21N5O2S. The highest BCUT2D eigenvalue weighted by Crippen LogP contribution is 2.39. The van der Waals surface area contributed by atoms with Crippen LogP contribution in [-0.2, 0) is 4.79 Å². The number of benzene rings is 3. The highest BCUT2D eigenvalue weighted by atomic mass is 32.2. The number of anilines is 1. The molecule has 0 radical (unpaired) electrons. The molecule has 0 aliphatic carbocycles. The Kier molecular flexibility index (Phi) is 5.51. The number of thioether (sulfide) groups is 1. The standard InChI is InChI=1S/C24H21N5O2S/c1-31-19-14-12-16(13-15-19)20-21(23(30)25-18-10-6-3-7-11-18)32-24-27-26-22(29(24)28-20)17-8-4-2-5-9-17/h2-15,20-21,28H,1H3,(H,25,30)/t20-,21+/m0/s1. The first-order valence-electron chi connectivity index (χ1n) is 10.2. The van der Waals surface area contributed by atoms with Crippen LogP contribution < -0.4 is 15.5 Å². The summed E-state index contributed by atoms with van der Waals surface area (Å²) in [7, 11) is 1.63. The zero-order valence-corrected chi connectivity index (χ0v) is 18.1. The molecule has 2 heterocycles. The molecule has 0 spiro atoms. The van der Waals surface area contributed by atoms with Crippen molar-refractivity contribution in [1.82, 2.24) is 14.9 Å². The van der Waals surface area contributed by atoms with E-state index in [4.69, 9.17) is 4.74 Å². The van der Waals surface area contributed by atoms with Crippen molar-refractivity contribution in [3.05, 3.63) is 90.5 Å². The lowest BCUT2D eigenvalue weighted by Gasteiger charge is -2.33. The largest absolute Gasteiger partial charge is 0.497 e. The van der Waals surface area contributed by atoms with E-state index in [1.165, 1.54) is 11.8 Å². The monoisotopic (exact) mass is 443 g/mol. The number of fused-ring (bicyclic) bond motifs is 1.